The van der Waals surface area contributed by atoms with Gasteiger partial charge >= 0.3 is 0 Å². The lowest BCUT2D eigenvalue weighted by atomic mass is 9.98. The second-order valence-electron chi connectivity index (χ2n) is 9.41. The van der Waals surface area contributed by atoms with E-state index in [0.717, 1.165) is 68.8 Å². The highest BCUT2D eigenvalue weighted by atomic mass is 32.1. The van der Waals surface area contributed by atoms with E-state index < -0.39 is 0 Å². The molecule has 1 amide bonds. The first-order chi connectivity index (χ1) is 16.4. The van der Waals surface area contributed by atoms with Gasteiger partial charge in [-0.05, 0) is 58.6 Å². The van der Waals surface area contributed by atoms with Gasteiger partial charge in [-0.15, -0.1) is 11.3 Å². The number of likely N-dealkylation sites (tertiary alicyclic amines) is 2. The molecule has 0 spiro atoms. The number of nitrogens with zero attached hydrogens (tertiary/aromatic N) is 6. The van der Waals surface area contributed by atoms with Gasteiger partial charge in [-0.3, -0.25) is 4.79 Å². The summed E-state index contributed by atoms with van der Waals surface area (Å²) < 4.78 is 1.66. The molecule has 0 unspecified atom stereocenters. The summed E-state index contributed by atoms with van der Waals surface area (Å²) in [6.07, 6.45) is 6.89. The van der Waals surface area contributed by atoms with Gasteiger partial charge in [-0.25, -0.2) is 14.6 Å². The first-order valence-electron chi connectivity index (χ1n) is 12.1. The predicted molar refractivity (Wildman–Crippen MR) is 132 cm³/mol. The Bertz CT molecular complexity index is 1170. The molecule has 0 radical (unpaired) electrons. The molecular weight excluding hydrogens is 448 g/mol. The molecule has 2 aliphatic rings. The molecule has 8 nitrogen and oxygen atoms in total. The molecule has 0 aromatic carbocycles. The van der Waals surface area contributed by atoms with Crippen molar-refractivity contribution >= 4 is 17.2 Å². The van der Waals surface area contributed by atoms with Gasteiger partial charge in [0, 0.05) is 53.7 Å². The minimum absolute atomic E-state index is 0.0247. The molecule has 3 aromatic heterocycles. The Morgan fingerprint density at radius 2 is 1.82 bits per heavy atom. The maximum atomic E-state index is 13.3. The van der Waals surface area contributed by atoms with Crippen LogP contribution in [0.3, 0.4) is 0 Å². The summed E-state index contributed by atoms with van der Waals surface area (Å²) >= 11 is 1.75. The van der Waals surface area contributed by atoms with Gasteiger partial charge in [-0.2, -0.15) is 5.10 Å². The van der Waals surface area contributed by atoms with E-state index in [-0.39, 0.29) is 12.0 Å². The maximum Gasteiger partial charge on any atom is 0.257 e. The number of piperidine rings is 2. The van der Waals surface area contributed by atoms with Crippen molar-refractivity contribution in [2.24, 2.45) is 0 Å². The average molecular weight is 481 g/mol. The SMILES string of the molecule is Cc1cc(-c2ccnc(-n3ncc(C(=O)N4CCC(N5CCC(O)CC5)CC4)c3C)n2)c(C)s1. The van der Waals surface area contributed by atoms with Crippen LogP contribution in [0.25, 0.3) is 17.2 Å². The molecule has 1 N–H and O–H groups in total. The van der Waals surface area contributed by atoms with E-state index in [0.29, 0.717) is 17.6 Å². The Labute approximate surface area is 204 Å². The largest absolute Gasteiger partial charge is 0.393 e. The van der Waals surface area contributed by atoms with Crippen LogP contribution in [0.4, 0.5) is 0 Å². The highest BCUT2D eigenvalue weighted by molar-refractivity contribution is 7.12. The number of aryl methyl sites for hydroxylation is 2. The van der Waals surface area contributed by atoms with E-state index in [1.54, 1.807) is 28.4 Å². The van der Waals surface area contributed by atoms with Crippen LogP contribution in [-0.4, -0.2) is 78.9 Å². The smallest absolute Gasteiger partial charge is 0.257 e. The lowest BCUT2D eigenvalue weighted by Crippen LogP contribution is -2.49. The number of carbonyl (C=O) groups is 1. The number of rotatable bonds is 4. The van der Waals surface area contributed by atoms with Crippen LogP contribution in [0.1, 0.15) is 51.5 Å². The van der Waals surface area contributed by atoms with E-state index in [1.165, 1.54) is 9.75 Å². The highest BCUT2D eigenvalue weighted by Crippen LogP contribution is 2.29. The number of aliphatic hydroxyl groups excluding tert-OH is 1. The minimum atomic E-state index is -0.152. The number of amides is 1. The quantitative estimate of drug-likeness (QED) is 0.616. The second-order valence-corrected chi connectivity index (χ2v) is 10.9. The molecule has 5 heterocycles. The van der Waals surface area contributed by atoms with Crippen LogP contribution in [-0.2, 0) is 0 Å². The fourth-order valence-corrected chi connectivity index (χ4v) is 6.10. The predicted octanol–water partition coefficient (Wildman–Crippen LogP) is 3.38. The van der Waals surface area contributed by atoms with Gasteiger partial charge in [0.2, 0.25) is 0 Å². The Hall–Kier alpha value is -2.62. The summed E-state index contributed by atoms with van der Waals surface area (Å²) in [5.74, 6) is 0.500. The molecule has 2 fully saturated rings. The number of aliphatic hydroxyl groups is 1. The standard InChI is InChI=1S/C25H32N6O2S/c1-16-14-21(18(3)34-16)23-4-9-26-25(28-23)31-17(2)22(15-27-31)24(33)30-10-5-19(6-11-30)29-12-7-20(32)8-13-29/h4,9,14-15,19-20,32H,5-8,10-13H2,1-3H3. The van der Waals surface area contributed by atoms with Crippen molar-refractivity contribution in [2.75, 3.05) is 26.2 Å². The van der Waals surface area contributed by atoms with Crippen molar-refractivity contribution in [1.82, 2.24) is 29.5 Å². The molecule has 34 heavy (non-hydrogen) atoms. The van der Waals surface area contributed by atoms with Gasteiger partial charge in [0.05, 0.1) is 29.3 Å². The van der Waals surface area contributed by atoms with Gasteiger partial charge < -0.3 is 14.9 Å². The Morgan fingerprint density at radius 3 is 2.50 bits per heavy atom. The van der Waals surface area contributed by atoms with E-state index in [1.807, 2.05) is 17.9 Å². The summed E-state index contributed by atoms with van der Waals surface area (Å²) in [5.41, 5.74) is 3.34. The van der Waals surface area contributed by atoms with Crippen LogP contribution in [0, 0.1) is 20.8 Å². The van der Waals surface area contributed by atoms with E-state index >= 15 is 0 Å². The minimum Gasteiger partial charge on any atom is -0.393 e. The van der Waals surface area contributed by atoms with Crippen LogP contribution >= 0.6 is 11.3 Å². The topological polar surface area (TPSA) is 87.4 Å². The Morgan fingerprint density at radius 1 is 1.09 bits per heavy atom. The molecule has 5 rings (SSSR count). The molecule has 2 saturated heterocycles. The average Bonchev–Trinajstić information content (AvgIpc) is 3.40. The van der Waals surface area contributed by atoms with E-state index in [4.69, 9.17) is 4.98 Å². The summed E-state index contributed by atoms with van der Waals surface area (Å²) in [5, 5.41) is 14.2. The van der Waals surface area contributed by atoms with Crippen LogP contribution in [0.2, 0.25) is 0 Å². The molecule has 0 bridgehead atoms. The lowest BCUT2D eigenvalue weighted by molar-refractivity contribution is 0.0357. The number of hydrogen-bond donors (Lipinski definition) is 1. The third kappa shape index (κ3) is 4.52. The van der Waals surface area contributed by atoms with Crippen LogP contribution in [0.15, 0.2) is 24.5 Å². The molecule has 180 valence electrons. The maximum absolute atomic E-state index is 13.3. The summed E-state index contributed by atoms with van der Waals surface area (Å²) in [4.78, 5) is 29.4. The molecule has 2 aliphatic heterocycles. The number of thiophene rings is 1. The zero-order valence-corrected chi connectivity index (χ0v) is 20.9. The van der Waals surface area contributed by atoms with E-state index in [9.17, 15) is 9.90 Å². The van der Waals surface area contributed by atoms with Gasteiger partial charge in [-0.1, -0.05) is 0 Å². The van der Waals surface area contributed by atoms with Crippen LogP contribution < -0.4 is 0 Å². The van der Waals surface area contributed by atoms with Crippen LogP contribution in [0.5, 0.6) is 0 Å². The third-order valence-corrected chi connectivity index (χ3v) is 8.12. The lowest BCUT2D eigenvalue weighted by Gasteiger charge is -2.41. The normalized spacial score (nSPS) is 18.5. The fourth-order valence-electron chi connectivity index (χ4n) is 5.16. The molecule has 0 atom stereocenters. The van der Waals surface area contributed by atoms with E-state index in [2.05, 4.69) is 34.9 Å². The fraction of sp³-hybridized carbons (Fsp3) is 0.520. The Balaban J connectivity index is 1.29. The first-order valence-corrected chi connectivity index (χ1v) is 12.9. The van der Waals surface area contributed by atoms with Crippen molar-refractivity contribution in [1.29, 1.82) is 0 Å². The van der Waals surface area contributed by atoms with Crippen molar-refractivity contribution in [3.63, 3.8) is 0 Å². The number of hydrogen-bond acceptors (Lipinski definition) is 7. The number of carbonyl (C=O) groups excluding carboxylic acids is 1. The summed E-state index contributed by atoms with van der Waals surface area (Å²) in [6, 6.07) is 4.56. The van der Waals surface area contributed by atoms with Crippen molar-refractivity contribution in [3.8, 4) is 17.2 Å². The first kappa shape index (κ1) is 23.1. The highest BCUT2D eigenvalue weighted by Gasteiger charge is 2.30. The summed E-state index contributed by atoms with van der Waals surface area (Å²) in [6.45, 7) is 9.50. The zero-order valence-electron chi connectivity index (χ0n) is 20.1. The third-order valence-electron chi connectivity index (χ3n) is 7.16. The van der Waals surface area contributed by atoms with Crippen molar-refractivity contribution < 1.29 is 9.90 Å². The summed E-state index contributed by atoms with van der Waals surface area (Å²) in [7, 11) is 0. The zero-order chi connectivity index (χ0) is 23.8. The van der Waals surface area contributed by atoms with Gasteiger partial charge in [0.1, 0.15) is 0 Å². The second kappa shape index (κ2) is 9.56. The number of aromatic nitrogens is 4. The molecule has 0 saturated carbocycles. The molecule has 3 aromatic rings. The molecule has 9 heteroatoms. The van der Waals surface area contributed by atoms with Gasteiger partial charge in [0.15, 0.2) is 0 Å². The van der Waals surface area contributed by atoms with Crippen molar-refractivity contribution in [2.45, 2.75) is 58.6 Å². The monoisotopic (exact) mass is 480 g/mol. The van der Waals surface area contributed by atoms with Gasteiger partial charge in [0.25, 0.3) is 11.9 Å². The molecular formula is C25H32N6O2S. The molecule has 0 aliphatic carbocycles. The van der Waals surface area contributed by atoms with Crippen molar-refractivity contribution in [3.05, 3.63) is 45.5 Å². The Kier molecular flexibility index (Phi) is 6.50.